The number of aromatic nitrogens is 1. The van der Waals surface area contributed by atoms with Gasteiger partial charge < -0.3 is 10.7 Å². The molecule has 2 atom stereocenters. The molecule has 0 saturated heterocycles. The number of aromatic amines is 1. The van der Waals surface area contributed by atoms with Crippen molar-refractivity contribution in [2.24, 2.45) is 11.1 Å². The molecule has 1 fully saturated rings. The summed E-state index contributed by atoms with van der Waals surface area (Å²) in [6.07, 6.45) is 1.90. The number of nitrogens with two attached hydrogens (primary N) is 1. The Morgan fingerprint density at radius 2 is 2.06 bits per heavy atom. The molecule has 3 heteroatoms. The van der Waals surface area contributed by atoms with Gasteiger partial charge >= 0.3 is 0 Å². The average molecular weight is 218 g/mol. The van der Waals surface area contributed by atoms with Crippen molar-refractivity contribution in [2.45, 2.75) is 25.8 Å². The van der Waals surface area contributed by atoms with E-state index in [0.29, 0.717) is 5.39 Å². The highest BCUT2D eigenvalue weighted by molar-refractivity contribution is 5.85. The molecule has 3 rings (SSSR count). The van der Waals surface area contributed by atoms with Crippen molar-refractivity contribution in [3.63, 3.8) is 0 Å². The highest BCUT2D eigenvalue weighted by atomic mass is 19.1. The third kappa shape index (κ3) is 1.09. The third-order valence-electron chi connectivity index (χ3n) is 3.93. The first-order chi connectivity index (χ1) is 7.53. The van der Waals surface area contributed by atoms with Crippen LogP contribution in [0, 0.1) is 11.2 Å². The monoisotopic (exact) mass is 218 g/mol. The Balaban J connectivity index is 2.20. The minimum absolute atomic E-state index is 0.0808. The number of fused-ring (bicyclic) bond motifs is 1. The molecule has 0 unspecified atom stereocenters. The molecule has 0 aliphatic heterocycles. The average Bonchev–Trinajstić information content (AvgIpc) is 2.63. The van der Waals surface area contributed by atoms with E-state index in [9.17, 15) is 4.39 Å². The van der Waals surface area contributed by atoms with Crippen LogP contribution in [0.3, 0.4) is 0 Å². The number of hydrogen-bond donors (Lipinski definition) is 2. The first-order valence-corrected chi connectivity index (χ1v) is 5.54. The zero-order valence-corrected chi connectivity index (χ0v) is 9.42. The molecule has 1 heterocycles. The van der Waals surface area contributed by atoms with Crippen molar-refractivity contribution >= 4 is 10.9 Å². The highest BCUT2D eigenvalue weighted by Gasteiger charge is 2.57. The molecule has 0 spiro atoms. The summed E-state index contributed by atoms with van der Waals surface area (Å²) in [7, 11) is 0. The summed E-state index contributed by atoms with van der Waals surface area (Å²) < 4.78 is 13.8. The number of rotatable bonds is 1. The first-order valence-electron chi connectivity index (χ1n) is 5.54. The molecule has 1 aliphatic carbocycles. The summed E-state index contributed by atoms with van der Waals surface area (Å²) in [5, 5.41) is 0.702. The Morgan fingerprint density at radius 3 is 2.69 bits per heavy atom. The summed E-state index contributed by atoms with van der Waals surface area (Å²) in [6, 6.07) is 5.24. The van der Waals surface area contributed by atoms with E-state index in [1.54, 1.807) is 6.07 Å². The smallest absolute Gasteiger partial charge is 0.132 e. The molecule has 2 aromatic rings. The number of benzene rings is 1. The summed E-state index contributed by atoms with van der Waals surface area (Å²) in [5.74, 6) is 0.0989. The van der Waals surface area contributed by atoms with Gasteiger partial charge in [-0.2, -0.15) is 0 Å². The zero-order chi connectivity index (χ0) is 11.5. The van der Waals surface area contributed by atoms with Crippen molar-refractivity contribution in [3.05, 3.63) is 35.8 Å². The molecule has 16 heavy (non-hydrogen) atoms. The summed E-state index contributed by atoms with van der Waals surface area (Å²) in [6.45, 7) is 4.25. The Kier molecular flexibility index (Phi) is 1.76. The molecule has 1 aromatic heterocycles. The largest absolute Gasteiger partial charge is 0.361 e. The van der Waals surface area contributed by atoms with Crippen LogP contribution in [0.25, 0.3) is 10.9 Å². The van der Waals surface area contributed by atoms with E-state index in [2.05, 4.69) is 18.8 Å². The van der Waals surface area contributed by atoms with Gasteiger partial charge in [-0.05, 0) is 23.1 Å². The summed E-state index contributed by atoms with van der Waals surface area (Å²) >= 11 is 0. The van der Waals surface area contributed by atoms with Crippen LogP contribution in [0.2, 0.25) is 0 Å². The predicted molar refractivity (Wildman–Crippen MR) is 62.8 cm³/mol. The molecule has 0 bridgehead atoms. The number of hydrogen-bond acceptors (Lipinski definition) is 1. The van der Waals surface area contributed by atoms with Gasteiger partial charge in [-0.1, -0.05) is 19.9 Å². The van der Waals surface area contributed by atoms with E-state index in [1.807, 2.05) is 12.3 Å². The van der Waals surface area contributed by atoms with Crippen LogP contribution in [0.5, 0.6) is 0 Å². The maximum atomic E-state index is 13.8. The topological polar surface area (TPSA) is 41.8 Å². The standard InChI is InChI=1S/C13H15FN2/c1-13(2)11(12(13)15)7-6-16-9-5-3-4-8(14)10(7)9/h3-6,11-12,16H,15H2,1-2H3/t11-,12-/m0/s1. The van der Waals surface area contributed by atoms with Crippen LogP contribution in [0.15, 0.2) is 24.4 Å². The van der Waals surface area contributed by atoms with Crippen LogP contribution >= 0.6 is 0 Å². The second-order valence-electron chi connectivity index (χ2n) is 5.23. The second-order valence-corrected chi connectivity index (χ2v) is 5.23. The number of halogens is 1. The van der Waals surface area contributed by atoms with Crippen molar-refractivity contribution < 1.29 is 4.39 Å². The van der Waals surface area contributed by atoms with Gasteiger partial charge in [0.1, 0.15) is 5.82 Å². The fourth-order valence-electron chi connectivity index (χ4n) is 2.68. The predicted octanol–water partition coefficient (Wildman–Crippen LogP) is 2.76. The van der Waals surface area contributed by atoms with Gasteiger partial charge in [0.25, 0.3) is 0 Å². The third-order valence-corrected chi connectivity index (χ3v) is 3.93. The molecular formula is C13H15FN2. The van der Waals surface area contributed by atoms with E-state index < -0.39 is 0 Å². The van der Waals surface area contributed by atoms with Crippen LogP contribution in [0.4, 0.5) is 4.39 Å². The van der Waals surface area contributed by atoms with E-state index in [1.165, 1.54) is 6.07 Å². The summed E-state index contributed by atoms with van der Waals surface area (Å²) in [4.78, 5) is 3.11. The molecule has 1 saturated carbocycles. The Bertz CT molecular complexity index is 556. The van der Waals surface area contributed by atoms with Gasteiger partial charge in [0.15, 0.2) is 0 Å². The first kappa shape index (κ1) is 9.85. The van der Waals surface area contributed by atoms with Crippen molar-refractivity contribution in [1.82, 2.24) is 4.98 Å². The van der Waals surface area contributed by atoms with Crippen molar-refractivity contribution in [2.75, 3.05) is 0 Å². The molecule has 0 radical (unpaired) electrons. The van der Waals surface area contributed by atoms with Crippen LogP contribution in [-0.4, -0.2) is 11.0 Å². The lowest BCUT2D eigenvalue weighted by Gasteiger charge is -2.01. The number of H-pyrrole nitrogens is 1. The molecule has 2 nitrogen and oxygen atoms in total. The normalized spacial score (nSPS) is 27.2. The minimum atomic E-state index is -0.163. The van der Waals surface area contributed by atoms with E-state index in [-0.39, 0.29) is 23.2 Å². The molecular weight excluding hydrogens is 203 g/mol. The zero-order valence-electron chi connectivity index (χ0n) is 9.42. The SMILES string of the molecule is CC1(C)[C@@H](N)[C@@H]1c1c[nH]c2cccc(F)c12. The van der Waals surface area contributed by atoms with Gasteiger partial charge in [0.05, 0.1) is 0 Å². The lowest BCUT2D eigenvalue weighted by atomic mass is 10.0. The van der Waals surface area contributed by atoms with Crippen LogP contribution in [-0.2, 0) is 0 Å². The second kappa shape index (κ2) is 2.86. The van der Waals surface area contributed by atoms with Crippen LogP contribution < -0.4 is 5.73 Å². The maximum absolute atomic E-state index is 13.8. The molecule has 3 N–H and O–H groups in total. The fourth-order valence-corrected chi connectivity index (χ4v) is 2.68. The van der Waals surface area contributed by atoms with Crippen molar-refractivity contribution in [3.8, 4) is 0 Å². The number of nitrogens with one attached hydrogen (secondary N) is 1. The Labute approximate surface area is 93.6 Å². The molecule has 84 valence electrons. The van der Waals surface area contributed by atoms with E-state index in [4.69, 9.17) is 5.73 Å². The van der Waals surface area contributed by atoms with E-state index >= 15 is 0 Å². The highest BCUT2D eigenvalue weighted by Crippen LogP contribution is 2.58. The molecule has 1 aromatic carbocycles. The lowest BCUT2D eigenvalue weighted by Crippen LogP contribution is -2.06. The molecule has 1 aliphatic rings. The summed E-state index contributed by atoms with van der Waals surface area (Å²) in [5.41, 5.74) is 7.99. The van der Waals surface area contributed by atoms with Crippen molar-refractivity contribution in [1.29, 1.82) is 0 Å². The Hall–Kier alpha value is -1.35. The van der Waals surface area contributed by atoms with Gasteiger partial charge in [-0.3, -0.25) is 0 Å². The lowest BCUT2D eigenvalue weighted by molar-refractivity contribution is 0.598. The van der Waals surface area contributed by atoms with Gasteiger partial charge in [0.2, 0.25) is 0 Å². The van der Waals surface area contributed by atoms with E-state index in [0.717, 1.165) is 11.1 Å². The van der Waals surface area contributed by atoms with Crippen LogP contribution in [0.1, 0.15) is 25.3 Å². The van der Waals surface area contributed by atoms with Gasteiger partial charge in [-0.15, -0.1) is 0 Å². The quantitative estimate of drug-likeness (QED) is 0.759. The van der Waals surface area contributed by atoms with Gasteiger partial charge in [0, 0.05) is 29.1 Å². The Morgan fingerprint density at radius 1 is 1.38 bits per heavy atom. The minimum Gasteiger partial charge on any atom is -0.361 e. The fraction of sp³-hybridized carbons (Fsp3) is 0.385. The molecule has 0 amide bonds. The van der Waals surface area contributed by atoms with Gasteiger partial charge in [-0.25, -0.2) is 4.39 Å². The maximum Gasteiger partial charge on any atom is 0.132 e.